The smallest absolute Gasteiger partial charge is 0.422 e. The van der Waals surface area contributed by atoms with Gasteiger partial charge in [0.05, 0.1) is 11.6 Å². The number of halogens is 3. The van der Waals surface area contributed by atoms with Gasteiger partial charge < -0.3 is 20.1 Å². The molecule has 1 aliphatic heterocycles. The molecule has 2 N–H and O–H groups in total. The number of nitrogens with one attached hydrogen (secondary N) is 1. The van der Waals surface area contributed by atoms with Gasteiger partial charge >= 0.3 is 18.2 Å². The van der Waals surface area contributed by atoms with Gasteiger partial charge in [-0.15, -0.1) is 0 Å². The third-order valence-corrected chi connectivity index (χ3v) is 3.34. The average molecular weight is 332 g/mol. The molecule has 1 aromatic rings. The molecular weight excluding hydrogens is 317 g/mol. The standard InChI is InChI=1S/C14H15F3N2O4/c15-14(16,17)8-23-11-4-2-1-3-10(11)18-13(22)19-6-5-9(7-19)12(20)21/h1-4,9H,5-8H2,(H,18,22)(H,20,21). The van der Waals surface area contributed by atoms with Crippen LogP contribution < -0.4 is 10.1 Å². The number of likely N-dealkylation sites (tertiary alicyclic amines) is 1. The Bertz CT molecular complexity index is 592. The van der Waals surface area contributed by atoms with E-state index in [1.54, 1.807) is 6.07 Å². The molecule has 0 bridgehead atoms. The number of para-hydroxylation sites is 2. The molecule has 2 amide bonds. The van der Waals surface area contributed by atoms with Gasteiger partial charge in [0, 0.05) is 13.1 Å². The van der Waals surface area contributed by atoms with Crippen molar-refractivity contribution in [3.05, 3.63) is 24.3 Å². The van der Waals surface area contributed by atoms with E-state index in [-0.39, 0.29) is 24.5 Å². The molecule has 1 aliphatic rings. The fraction of sp³-hybridized carbons (Fsp3) is 0.429. The summed E-state index contributed by atoms with van der Waals surface area (Å²) < 4.78 is 41.3. The van der Waals surface area contributed by atoms with Crippen LogP contribution in [-0.4, -0.2) is 47.9 Å². The Balaban J connectivity index is 2.00. The van der Waals surface area contributed by atoms with Gasteiger partial charge in [0.25, 0.3) is 0 Å². The van der Waals surface area contributed by atoms with E-state index in [0.717, 1.165) is 0 Å². The van der Waals surface area contributed by atoms with Crippen LogP contribution in [0.2, 0.25) is 0 Å². The summed E-state index contributed by atoms with van der Waals surface area (Å²) in [6, 6.07) is 5.18. The summed E-state index contributed by atoms with van der Waals surface area (Å²) in [6.45, 7) is -1.13. The van der Waals surface area contributed by atoms with Gasteiger partial charge in [0.15, 0.2) is 6.61 Å². The minimum Gasteiger partial charge on any atom is -0.482 e. The molecule has 0 aliphatic carbocycles. The maximum absolute atomic E-state index is 12.2. The van der Waals surface area contributed by atoms with Crippen LogP contribution >= 0.6 is 0 Å². The second-order valence-corrected chi connectivity index (χ2v) is 5.10. The summed E-state index contributed by atoms with van der Waals surface area (Å²) in [7, 11) is 0. The molecule has 1 saturated heterocycles. The number of carboxylic acids is 1. The lowest BCUT2D eigenvalue weighted by Gasteiger charge is -2.18. The highest BCUT2D eigenvalue weighted by molar-refractivity contribution is 5.91. The average Bonchev–Trinajstić information content (AvgIpc) is 2.95. The number of carboxylic acid groups (broad SMARTS) is 1. The molecule has 126 valence electrons. The maximum atomic E-state index is 12.2. The van der Waals surface area contributed by atoms with Gasteiger partial charge in [0.1, 0.15) is 5.75 Å². The number of aliphatic carboxylic acids is 1. The quantitative estimate of drug-likeness (QED) is 0.888. The minimum atomic E-state index is -4.49. The van der Waals surface area contributed by atoms with E-state index in [1.807, 2.05) is 0 Å². The number of anilines is 1. The summed E-state index contributed by atoms with van der Waals surface area (Å²) in [6.07, 6.45) is -4.14. The molecule has 0 aromatic heterocycles. The van der Waals surface area contributed by atoms with Crippen molar-refractivity contribution in [2.45, 2.75) is 12.6 Å². The van der Waals surface area contributed by atoms with Crippen LogP contribution in [0.3, 0.4) is 0 Å². The first kappa shape index (κ1) is 16.9. The minimum absolute atomic E-state index is 0.0622. The number of hydrogen-bond donors (Lipinski definition) is 2. The Kier molecular flexibility index (Phi) is 4.97. The largest absolute Gasteiger partial charge is 0.482 e. The molecule has 1 atom stereocenters. The van der Waals surface area contributed by atoms with E-state index >= 15 is 0 Å². The number of ether oxygens (including phenoxy) is 1. The Labute approximate surface area is 129 Å². The molecule has 9 heteroatoms. The SMILES string of the molecule is O=C(O)C1CCN(C(=O)Nc2ccccc2OCC(F)(F)F)C1. The van der Waals surface area contributed by atoms with Crippen molar-refractivity contribution in [1.82, 2.24) is 4.90 Å². The van der Waals surface area contributed by atoms with E-state index in [1.165, 1.54) is 23.1 Å². The van der Waals surface area contributed by atoms with Gasteiger partial charge in [-0.2, -0.15) is 13.2 Å². The van der Waals surface area contributed by atoms with Crippen molar-refractivity contribution < 1.29 is 32.6 Å². The Morgan fingerprint density at radius 3 is 2.65 bits per heavy atom. The van der Waals surface area contributed by atoms with Gasteiger partial charge in [-0.1, -0.05) is 12.1 Å². The first-order valence-electron chi connectivity index (χ1n) is 6.83. The fourth-order valence-corrected chi connectivity index (χ4v) is 2.20. The van der Waals surface area contributed by atoms with E-state index in [4.69, 9.17) is 5.11 Å². The lowest BCUT2D eigenvalue weighted by atomic mass is 10.1. The lowest BCUT2D eigenvalue weighted by molar-refractivity contribution is -0.153. The molecule has 1 aromatic carbocycles. The van der Waals surface area contributed by atoms with Crippen molar-refractivity contribution in [3.63, 3.8) is 0 Å². The number of carbonyl (C=O) groups excluding carboxylic acids is 1. The van der Waals surface area contributed by atoms with Crippen LogP contribution in [0.15, 0.2) is 24.3 Å². The Morgan fingerprint density at radius 2 is 2.04 bits per heavy atom. The fourth-order valence-electron chi connectivity index (χ4n) is 2.20. The number of alkyl halides is 3. The van der Waals surface area contributed by atoms with Crippen molar-refractivity contribution in [2.75, 3.05) is 25.0 Å². The third-order valence-electron chi connectivity index (χ3n) is 3.34. The second-order valence-electron chi connectivity index (χ2n) is 5.10. The molecule has 2 rings (SSSR count). The number of carbonyl (C=O) groups is 2. The predicted octanol–water partition coefficient (Wildman–Crippen LogP) is 2.57. The van der Waals surface area contributed by atoms with Crippen molar-refractivity contribution in [3.8, 4) is 5.75 Å². The zero-order chi connectivity index (χ0) is 17.0. The highest BCUT2D eigenvalue weighted by Crippen LogP contribution is 2.27. The van der Waals surface area contributed by atoms with E-state index < -0.39 is 30.7 Å². The first-order chi connectivity index (χ1) is 10.8. The van der Waals surface area contributed by atoms with E-state index in [2.05, 4.69) is 10.1 Å². The molecule has 6 nitrogen and oxygen atoms in total. The topological polar surface area (TPSA) is 78.9 Å². The molecule has 1 heterocycles. The lowest BCUT2D eigenvalue weighted by Crippen LogP contribution is -2.34. The molecular formula is C14H15F3N2O4. The van der Waals surface area contributed by atoms with E-state index in [9.17, 15) is 22.8 Å². The first-order valence-corrected chi connectivity index (χ1v) is 6.83. The number of hydrogen-bond acceptors (Lipinski definition) is 3. The van der Waals surface area contributed by atoms with Crippen LogP contribution in [0.25, 0.3) is 0 Å². The summed E-state index contributed by atoms with van der Waals surface area (Å²) >= 11 is 0. The van der Waals surface area contributed by atoms with Crippen LogP contribution in [-0.2, 0) is 4.79 Å². The summed E-state index contributed by atoms with van der Waals surface area (Å²) in [5.41, 5.74) is 0.0977. The van der Waals surface area contributed by atoms with E-state index in [0.29, 0.717) is 6.42 Å². The highest BCUT2D eigenvalue weighted by atomic mass is 19.4. The normalized spacial score (nSPS) is 17.9. The van der Waals surface area contributed by atoms with Gasteiger partial charge in [-0.05, 0) is 18.6 Å². The molecule has 23 heavy (non-hydrogen) atoms. The second kappa shape index (κ2) is 6.76. The summed E-state index contributed by atoms with van der Waals surface area (Å²) in [5.74, 6) is -1.71. The zero-order valence-corrected chi connectivity index (χ0v) is 12.0. The summed E-state index contributed by atoms with van der Waals surface area (Å²) in [5, 5.41) is 11.4. The highest BCUT2D eigenvalue weighted by Gasteiger charge is 2.31. The monoisotopic (exact) mass is 332 g/mol. The van der Waals surface area contributed by atoms with Crippen LogP contribution in [0, 0.1) is 5.92 Å². The van der Waals surface area contributed by atoms with Gasteiger partial charge in [-0.25, -0.2) is 4.79 Å². The van der Waals surface area contributed by atoms with Gasteiger partial charge in [0.2, 0.25) is 0 Å². The van der Waals surface area contributed by atoms with Crippen LogP contribution in [0.5, 0.6) is 5.75 Å². The number of nitrogens with zero attached hydrogens (tertiary/aromatic N) is 1. The number of benzene rings is 1. The molecule has 1 unspecified atom stereocenters. The van der Waals surface area contributed by atoms with Gasteiger partial charge in [-0.3, -0.25) is 4.79 Å². The summed E-state index contributed by atoms with van der Waals surface area (Å²) in [4.78, 5) is 24.3. The molecule has 1 fully saturated rings. The zero-order valence-electron chi connectivity index (χ0n) is 12.0. The number of rotatable bonds is 4. The van der Waals surface area contributed by atoms with Crippen molar-refractivity contribution >= 4 is 17.7 Å². The van der Waals surface area contributed by atoms with Crippen LogP contribution in [0.4, 0.5) is 23.7 Å². The molecule has 0 radical (unpaired) electrons. The number of amides is 2. The predicted molar refractivity (Wildman–Crippen MR) is 74.3 cm³/mol. The molecule has 0 spiro atoms. The third kappa shape index (κ3) is 4.76. The van der Waals surface area contributed by atoms with Crippen molar-refractivity contribution in [2.24, 2.45) is 5.92 Å². The maximum Gasteiger partial charge on any atom is 0.422 e. The Hall–Kier alpha value is -2.45. The van der Waals surface area contributed by atoms with Crippen LogP contribution in [0.1, 0.15) is 6.42 Å². The Morgan fingerprint density at radius 1 is 1.35 bits per heavy atom. The number of urea groups is 1. The van der Waals surface area contributed by atoms with Crippen molar-refractivity contribution in [1.29, 1.82) is 0 Å². The molecule has 0 saturated carbocycles.